The summed E-state index contributed by atoms with van der Waals surface area (Å²) in [6.45, 7) is 16.9. The maximum Gasteiger partial charge on any atom is 0.205 e. The van der Waals surface area contributed by atoms with Crippen molar-refractivity contribution in [3.63, 3.8) is 0 Å². The Hall–Kier alpha value is -0.703. The van der Waals surface area contributed by atoms with Crippen molar-refractivity contribution in [1.82, 2.24) is 14.5 Å². The highest BCUT2D eigenvalue weighted by Crippen LogP contribution is 2.22. The molecule has 0 saturated carbocycles. The molecule has 1 aliphatic rings. The molecule has 0 radical (unpaired) electrons. The number of ether oxygens (including phenoxy) is 3. The van der Waals surface area contributed by atoms with Crippen molar-refractivity contribution in [3.05, 3.63) is 23.3 Å². The van der Waals surface area contributed by atoms with Crippen LogP contribution in [-0.2, 0) is 20.9 Å². The summed E-state index contributed by atoms with van der Waals surface area (Å²) in [6.07, 6.45) is 5.18. The van der Waals surface area contributed by atoms with E-state index in [0.717, 1.165) is 37.9 Å². The Morgan fingerprint density at radius 1 is 1.18 bits per heavy atom. The molecule has 160 valence electrons. The van der Waals surface area contributed by atoms with Crippen LogP contribution in [0.3, 0.4) is 0 Å². The summed E-state index contributed by atoms with van der Waals surface area (Å²) in [5.41, 5.74) is 1.90. The normalized spacial score (nSPS) is 16.5. The standard InChI is InChI=1S/C20H36ClN3O3Si/c1-20(2,3)27-16-26-14-23-9-7-8-17(12-23)18-13-24(19(21)22-18)15-25-10-11-28(4,5)6/h8,13H,7,9-12,14-16H2,1-6H3. The summed E-state index contributed by atoms with van der Waals surface area (Å²) in [7, 11) is -1.08. The van der Waals surface area contributed by atoms with Gasteiger partial charge in [0.05, 0.1) is 11.3 Å². The Morgan fingerprint density at radius 2 is 1.93 bits per heavy atom. The summed E-state index contributed by atoms with van der Waals surface area (Å²) in [4.78, 5) is 6.77. The number of halogens is 1. The van der Waals surface area contributed by atoms with Crippen LogP contribution in [0.1, 0.15) is 32.9 Å². The zero-order chi connectivity index (χ0) is 20.8. The molecule has 0 N–H and O–H groups in total. The lowest BCUT2D eigenvalue weighted by molar-refractivity contribution is -0.139. The van der Waals surface area contributed by atoms with Crippen molar-refractivity contribution < 1.29 is 14.2 Å². The van der Waals surface area contributed by atoms with Crippen molar-refractivity contribution in [2.45, 2.75) is 65.2 Å². The van der Waals surface area contributed by atoms with Crippen LogP contribution in [0.5, 0.6) is 0 Å². The minimum atomic E-state index is -1.08. The molecule has 0 bridgehead atoms. The van der Waals surface area contributed by atoms with E-state index >= 15 is 0 Å². The first-order valence-corrected chi connectivity index (χ1v) is 14.1. The molecule has 0 aromatic carbocycles. The zero-order valence-electron chi connectivity index (χ0n) is 18.3. The SMILES string of the molecule is CC(C)(C)OCOCN1CCC=C(c2cn(COCC[Si](C)(C)C)c(Cl)n2)C1. The van der Waals surface area contributed by atoms with Gasteiger partial charge in [-0.3, -0.25) is 9.47 Å². The molecule has 1 aromatic heterocycles. The molecule has 2 rings (SSSR count). The molecule has 0 spiro atoms. The second-order valence-corrected chi connectivity index (χ2v) is 15.5. The number of aromatic nitrogens is 2. The molecular weight excluding hydrogens is 394 g/mol. The maximum absolute atomic E-state index is 6.31. The van der Waals surface area contributed by atoms with Crippen LogP contribution < -0.4 is 0 Å². The molecule has 1 aliphatic heterocycles. The number of hydrogen-bond acceptors (Lipinski definition) is 5. The van der Waals surface area contributed by atoms with Crippen molar-refractivity contribution in [3.8, 4) is 0 Å². The second kappa shape index (κ2) is 10.4. The predicted octanol–water partition coefficient (Wildman–Crippen LogP) is 4.68. The number of rotatable bonds is 10. The van der Waals surface area contributed by atoms with Crippen molar-refractivity contribution in [1.29, 1.82) is 0 Å². The average molecular weight is 430 g/mol. The molecule has 0 unspecified atom stereocenters. The smallest absolute Gasteiger partial charge is 0.205 e. The highest BCUT2D eigenvalue weighted by atomic mass is 35.5. The van der Waals surface area contributed by atoms with Crippen molar-refractivity contribution in [2.24, 2.45) is 0 Å². The number of hydrogen-bond donors (Lipinski definition) is 0. The third kappa shape index (κ3) is 8.76. The van der Waals surface area contributed by atoms with E-state index in [1.165, 1.54) is 5.57 Å². The molecule has 0 fully saturated rings. The van der Waals surface area contributed by atoms with Crippen LogP contribution in [0.25, 0.3) is 5.57 Å². The Bertz CT molecular complexity index is 650. The maximum atomic E-state index is 6.31. The van der Waals surface area contributed by atoms with E-state index in [2.05, 4.69) is 35.6 Å². The first-order chi connectivity index (χ1) is 13.0. The van der Waals surface area contributed by atoms with E-state index in [4.69, 9.17) is 25.8 Å². The van der Waals surface area contributed by atoms with E-state index in [1.807, 2.05) is 31.5 Å². The van der Waals surface area contributed by atoms with Crippen LogP contribution in [0.15, 0.2) is 12.3 Å². The van der Waals surface area contributed by atoms with Gasteiger partial charge in [-0.15, -0.1) is 0 Å². The van der Waals surface area contributed by atoms with E-state index in [9.17, 15) is 0 Å². The van der Waals surface area contributed by atoms with E-state index in [0.29, 0.717) is 25.5 Å². The van der Waals surface area contributed by atoms with Crippen molar-refractivity contribution >= 4 is 25.2 Å². The van der Waals surface area contributed by atoms with Gasteiger partial charge in [0.25, 0.3) is 0 Å². The molecule has 8 heteroatoms. The summed E-state index contributed by atoms with van der Waals surface area (Å²) in [5, 5.41) is 0.468. The minimum Gasteiger partial charge on any atom is -0.361 e. The topological polar surface area (TPSA) is 48.8 Å². The molecule has 0 amide bonds. The molecule has 6 nitrogen and oxygen atoms in total. The first kappa shape index (κ1) is 23.6. The van der Waals surface area contributed by atoms with Gasteiger partial charge in [-0.2, -0.15) is 0 Å². The third-order valence-corrected chi connectivity index (χ3v) is 6.37. The summed E-state index contributed by atoms with van der Waals surface area (Å²) >= 11 is 6.31. The molecular formula is C20H36ClN3O3Si. The third-order valence-electron chi connectivity index (χ3n) is 4.36. The van der Waals surface area contributed by atoms with Gasteiger partial charge in [-0.05, 0) is 50.4 Å². The fourth-order valence-corrected chi connectivity index (χ4v) is 3.61. The van der Waals surface area contributed by atoms with E-state index in [-0.39, 0.29) is 5.60 Å². The van der Waals surface area contributed by atoms with E-state index in [1.54, 1.807) is 0 Å². The van der Waals surface area contributed by atoms with Crippen LogP contribution >= 0.6 is 11.6 Å². The monoisotopic (exact) mass is 429 g/mol. The molecule has 0 saturated heterocycles. The highest BCUT2D eigenvalue weighted by Gasteiger charge is 2.18. The van der Waals surface area contributed by atoms with Crippen LogP contribution in [-0.4, -0.2) is 61.3 Å². The van der Waals surface area contributed by atoms with Crippen LogP contribution in [0.2, 0.25) is 31.0 Å². The van der Waals surface area contributed by atoms with Gasteiger partial charge in [-0.1, -0.05) is 25.7 Å². The lowest BCUT2D eigenvalue weighted by Crippen LogP contribution is -2.33. The Kier molecular flexibility index (Phi) is 8.73. The lowest BCUT2D eigenvalue weighted by atomic mass is 10.1. The molecule has 2 heterocycles. The van der Waals surface area contributed by atoms with Gasteiger partial charge in [-0.25, -0.2) is 4.98 Å². The second-order valence-electron chi connectivity index (χ2n) is 9.49. The predicted molar refractivity (Wildman–Crippen MR) is 117 cm³/mol. The highest BCUT2D eigenvalue weighted by molar-refractivity contribution is 6.76. The Labute approximate surface area is 175 Å². The fourth-order valence-electron chi connectivity index (χ4n) is 2.67. The summed E-state index contributed by atoms with van der Waals surface area (Å²) in [6, 6.07) is 1.14. The lowest BCUT2D eigenvalue weighted by Gasteiger charge is -2.27. The summed E-state index contributed by atoms with van der Waals surface area (Å²) in [5.74, 6) is 0. The number of nitrogens with zero attached hydrogens (tertiary/aromatic N) is 3. The van der Waals surface area contributed by atoms with Gasteiger partial charge in [0.15, 0.2) is 0 Å². The largest absolute Gasteiger partial charge is 0.361 e. The quantitative estimate of drug-likeness (QED) is 0.307. The van der Waals surface area contributed by atoms with Crippen molar-refractivity contribution in [2.75, 3.05) is 33.2 Å². The molecule has 28 heavy (non-hydrogen) atoms. The molecule has 0 aliphatic carbocycles. The molecule has 0 atom stereocenters. The summed E-state index contributed by atoms with van der Waals surface area (Å²) < 4.78 is 18.9. The van der Waals surface area contributed by atoms with Crippen LogP contribution in [0, 0.1) is 0 Å². The van der Waals surface area contributed by atoms with Gasteiger partial charge < -0.3 is 14.2 Å². The number of imidazole rings is 1. The minimum absolute atomic E-state index is 0.187. The van der Waals surface area contributed by atoms with Gasteiger partial charge in [0, 0.05) is 34.0 Å². The average Bonchev–Trinajstić information content (AvgIpc) is 2.95. The Morgan fingerprint density at radius 3 is 2.61 bits per heavy atom. The first-order valence-electron chi connectivity index (χ1n) is 9.97. The fraction of sp³-hybridized carbons (Fsp3) is 0.750. The Balaban J connectivity index is 1.81. The molecule has 1 aromatic rings. The zero-order valence-corrected chi connectivity index (χ0v) is 20.0. The van der Waals surface area contributed by atoms with E-state index < -0.39 is 8.07 Å². The van der Waals surface area contributed by atoms with Gasteiger partial charge in [0.2, 0.25) is 5.28 Å². The van der Waals surface area contributed by atoms with Gasteiger partial charge in [0.1, 0.15) is 20.3 Å². The van der Waals surface area contributed by atoms with Gasteiger partial charge >= 0.3 is 0 Å². The van der Waals surface area contributed by atoms with Crippen LogP contribution in [0.4, 0.5) is 0 Å².